The highest BCUT2D eigenvalue weighted by atomic mass is 16.5. The van der Waals surface area contributed by atoms with Crippen LogP contribution in [-0.2, 0) is 6.61 Å². The minimum Gasteiger partial charge on any atom is -0.507 e. The summed E-state index contributed by atoms with van der Waals surface area (Å²) in [5, 5.41) is 40.9. The molecule has 12 nitrogen and oxygen atoms in total. The fourth-order valence-electron chi connectivity index (χ4n) is 9.26. The van der Waals surface area contributed by atoms with Gasteiger partial charge in [-0.2, -0.15) is 0 Å². The molecular formula is C75H76O12. The second-order valence-corrected chi connectivity index (χ2v) is 20.7. The highest BCUT2D eigenvalue weighted by Gasteiger charge is 2.18. The van der Waals surface area contributed by atoms with Gasteiger partial charge in [0.15, 0.2) is 23.1 Å². The zero-order valence-electron chi connectivity index (χ0n) is 49.2. The molecule has 12 heteroatoms. The lowest BCUT2D eigenvalue weighted by Gasteiger charge is -2.10. The van der Waals surface area contributed by atoms with Crippen LogP contribution in [0.5, 0.6) is 46.0 Å². The molecule has 0 saturated carbocycles. The monoisotopic (exact) mass is 1170 g/mol. The summed E-state index contributed by atoms with van der Waals surface area (Å²) in [6.07, 6.45) is 14.3. The van der Waals surface area contributed by atoms with E-state index in [1.165, 1.54) is 82.1 Å². The average Bonchev–Trinajstić information content (AvgIpc) is 3.76. The van der Waals surface area contributed by atoms with E-state index >= 15 is 0 Å². The van der Waals surface area contributed by atoms with Crippen molar-refractivity contribution < 1.29 is 58.6 Å². The lowest BCUT2D eigenvalue weighted by Crippen LogP contribution is -2.05. The minimum absolute atomic E-state index is 0.0329. The first-order valence-corrected chi connectivity index (χ1v) is 29.7. The lowest BCUT2D eigenvalue weighted by atomic mass is 10.0. The molecule has 0 spiro atoms. The van der Waals surface area contributed by atoms with Crippen molar-refractivity contribution in [2.45, 2.75) is 90.6 Å². The molecule has 0 radical (unpaired) electrons. The summed E-state index contributed by atoms with van der Waals surface area (Å²) >= 11 is 0. The van der Waals surface area contributed by atoms with Crippen molar-refractivity contribution in [3.05, 3.63) is 275 Å². The van der Waals surface area contributed by atoms with E-state index in [4.69, 9.17) is 18.9 Å². The van der Waals surface area contributed by atoms with Crippen LogP contribution in [0.4, 0.5) is 0 Å². The molecule has 0 aliphatic rings. The summed E-state index contributed by atoms with van der Waals surface area (Å²) in [7, 11) is 0. The van der Waals surface area contributed by atoms with E-state index in [0.29, 0.717) is 90.1 Å². The van der Waals surface area contributed by atoms with Crippen molar-refractivity contribution in [3.8, 4) is 46.0 Å². The topological polar surface area (TPSA) is 186 Å². The number of ether oxygens (including phenoxy) is 4. The largest absolute Gasteiger partial charge is 0.507 e. The number of hydrogen-bond acceptors (Lipinski definition) is 12. The Morgan fingerprint density at radius 3 is 0.805 bits per heavy atom. The van der Waals surface area contributed by atoms with Crippen LogP contribution in [0, 0.1) is 0 Å². The van der Waals surface area contributed by atoms with Gasteiger partial charge in [-0.05, 0) is 73.4 Å². The van der Waals surface area contributed by atoms with Gasteiger partial charge >= 0.3 is 0 Å². The molecule has 0 saturated heterocycles. The van der Waals surface area contributed by atoms with Crippen LogP contribution in [-0.4, -0.2) is 63.4 Å². The molecule has 0 aliphatic heterocycles. The van der Waals surface area contributed by atoms with Crippen molar-refractivity contribution in [1.82, 2.24) is 0 Å². The van der Waals surface area contributed by atoms with Crippen LogP contribution < -0.4 is 18.9 Å². The maximum atomic E-state index is 12.5. The van der Waals surface area contributed by atoms with Crippen LogP contribution in [0.1, 0.15) is 153 Å². The summed E-state index contributed by atoms with van der Waals surface area (Å²) in [6, 6.07) is 64.2. The standard InChI is InChI=1S/C30H26O6.C25H34O3.C20H16O3/c31-27-19-23(13-15-25(27)29(33)21-9-3-1-4-10-21)35-17-7-8-18-36-24-14-16-26(28(32)20-24)30(34)22-11-5-2-6-12-22;1-2-3-4-5-6-7-8-9-10-14-19-28-22-17-18-23(24(26)20-22)25(27)21-15-12-11-13-16-21;21-19-13-17(23-14-15-7-3-1-4-8-15)11-12-18(19)20(22)16-9-5-2-6-10-16/h1-6,9-16,19-20,31-32H,7-8,17-18H2;11-13,15-18,20,26H,2-10,14,19H2,1H3;1-13,21H,14H2. The SMILES string of the molecule is CCCCCCCCCCCCOc1ccc(C(=O)c2ccccc2)c(O)c1.O=C(c1ccccc1)c1ccc(OCCCCOc2ccc(C(=O)c3ccccc3)c(O)c2)cc1O.O=C(c1ccccc1)c1ccc(OCc2ccccc2)cc1O. The molecule has 0 unspecified atom stereocenters. The number of carbonyl (C=O) groups is 4. The number of carbonyl (C=O) groups excluding carboxylic acids is 4. The van der Waals surface area contributed by atoms with E-state index in [1.54, 1.807) is 133 Å². The Morgan fingerprint density at radius 2 is 0.529 bits per heavy atom. The third-order valence-corrected chi connectivity index (χ3v) is 14.1. The highest BCUT2D eigenvalue weighted by Crippen LogP contribution is 2.30. The van der Waals surface area contributed by atoms with Crippen molar-refractivity contribution in [3.63, 3.8) is 0 Å². The van der Waals surface area contributed by atoms with E-state index in [-0.39, 0.29) is 62.8 Å². The fourth-order valence-corrected chi connectivity index (χ4v) is 9.26. The third-order valence-electron chi connectivity index (χ3n) is 14.1. The Labute approximate surface area is 510 Å². The Balaban J connectivity index is 0.000000191. The molecule has 0 heterocycles. The van der Waals surface area contributed by atoms with E-state index in [9.17, 15) is 39.6 Å². The van der Waals surface area contributed by atoms with Gasteiger partial charge in [0, 0.05) is 46.5 Å². The predicted octanol–water partition coefficient (Wildman–Crippen LogP) is 16.9. The average molecular weight is 1170 g/mol. The molecule has 0 aliphatic carbocycles. The van der Waals surface area contributed by atoms with Crippen LogP contribution >= 0.6 is 0 Å². The van der Waals surface area contributed by atoms with Gasteiger partial charge in [0.2, 0.25) is 0 Å². The second kappa shape index (κ2) is 35.4. The van der Waals surface area contributed by atoms with Crippen LogP contribution in [0.3, 0.4) is 0 Å². The van der Waals surface area contributed by atoms with E-state index in [2.05, 4.69) is 6.92 Å². The van der Waals surface area contributed by atoms with Gasteiger partial charge in [-0.15, -0.1) is 0 Å². The zero-order valence-corrected chi connectivity index (χ0v) is 49.2. The van der Waals surface area contributed by atoms with Gasteiger partial charge in [0.25, 0.3) is 0 Å². The van der Waals surface area contributed by atoms with Crippen molar-refractivity contribution in [2.75, 3.05) is 19.8 Å². The van der Waals surface area contributed by atoms with Crippen LogP contribution in [0.25, 0.3) is 0 Å². The van der Waals surface area contributed by atoms with Gasteiger partial charge in [0.05, 0.1) is 42.1 Å². The van der Waals surface area contributed by atoms with Crippen molar-refractivity contribution >= 4 is 23.1 Å². The van der Waals surface area contributed by atoms with E-state index < -0.39 is 0 Å². The quantitative estimate of drug-likeness (QED) is 0.0247. The maximum absolute atomic E-state index is 12.5. The lowest BCUT2D eigenvalue weighted by molar-refractivity contribution is 0.102. The third kappa shape index (κ3) is 21.0. The molecule has 0 atom stereocenters. The first-order chi connectivity index (χ1) is 42.5. The molecule has 0 amide bonds. The summed E-state index contributed by atoms with van der Waals surface area (Å²) < 4.78 is 22.7. The number of aromatic hydroxyl groups is 4. The van der Waals surface area contributed by atoms with Gasteiger partial charge in [-0.1, -0.05) is 216 Å². The molecule has 0 fully saturated rings. The summed E-state index contributed by atoms with van der Waals surface area (Å²) in [6.45, 7) is 4.12. The first-order valence-electron chi connectivity index (χ1n) is 29.7. The Kier molecular flexibility index (Phi) is 26.3. The molecule has 87 heavy (non-hydrogen) atoms. The maximum Gasteiger partial charge on any atom is 0.196 e. The Bertz CT molecular complexity index is 3450. The molecule has 448 valence electrons. The molecule has 9 aromatic carbocycles. The number of rotatable bonds is 30. The predicted molar refractivity (Wildman–Crippen MR) is 340 cm³/mol. The molecule has 9 aromatic rings. The van der Waals surface area contributed by atoms with Crippen molar-refractivity contribution in [1.29, 1.82) is 0 Å². The summed E-state index contributed by atoms with van der Waals surface area (Å²) in [5.74, 6) is 0.825. The minimum atomic E-state index is -0.250. The Hall–Kier alpha value is -9.94. The fraction of sp³-hybridized carbons (Fsp3) is 0.227. The van der Waals surface area contributed by atoms with Crippen LogP contribution in [0.2, 0.25) is 0 Å². The summed E-state index contributed by atoms with van der Waals surface area (Å²) in [5.41, 5.74) is 4.18. The normalized spacial score (nSPS) is 10.5. The second-order valence-electron chi connectivity index (χ2n) is 20.7. The van der Waals surface area contributed by atoms with Gasteiger partial charge in [-0.25, -0.2) is 0 Å². The van der Waals surface area contributed by atoms with Gasteiger partial charge in [0.1, 0.15) is 52.6 Å². The molecule has 0 aromatic heterocycles. The number of ketones is 4. The smallest absolute Gasteiger partial charge is 0.196 e. The molecule has 0 bridgehead atoms. The number of benzene rings is 9. The van der Waals surface area contributed by atoms with E-state index in [1.807, 2.05) is 66.7 Å². The first kappa shape index (κ1) is 64.6. The number of phenolic OH excluding ortho intramolecular Hbond substituents is 4. The van der Waals surface area contributed by atoms with Crippen molar-refractivity contribution in [2.24, 2.45) is 0 Å². The number of phenols is 4. The molecule has 4 N–H and O–H groups in total. The zero-order chi connectivity index (χ0) is 61.4. The van der Waals surface area contributed by atoms with Crippen LogP contribution in [0.15, 0.2) is 224 Å². The highest BCUT2D eigenvalue weighted by molar-refractivity contribution is 6.12. The van der Waals surface area contributed by atoms with Gasteiger partial charge in [-0.3, -0.25) is 19.2 Å². The summed E-state index contributed by atoms with van der Waals surface area (Å²) in [4.78, 5) is 49.8. The number of hydrogen-bond donors (Lipinski definition) is 4. The number of unbranched alkanes of at least 4 members (excludes halogenated alkanes) is 10. The van der Waals surface area contributed by atoms with E-state index in [0.717, 1.165) is 12.0 Å². The Morgan fingerprint density at radius 1 is 0.287 bits per heavy atom. The van der Waals surface area contributed by atoms with Gasteiger partial charge < -0.3 is 39.4 Å². The molecule has 9 rings (SSSR count). The molecular weight excluding hydrogens is 1090 g/mol.